The summed E-state index contributed by atoms with van der Waals surface area (Å²) < 4.78 is 124. The molecule has 0 unspecified atom stereocenters. The summed E-state index contributed by atoms with van der Waals surface area (Å²) in [5.74, 6) is 0.298. The van der Waals surface area contributed by atoms with E-state index >= 15 is 0 Å². The van der Waals surface area contributed by atoms with Crippen LogP contribution in [0.3, 0.4) is 0 Å². The molecule has 2 aromatic carbocycles. The maximum atomic E-state index is 13.2. The highest BCUT2D eigenvalue weighted by molar-refractivity contribution is 7.82. The molecule has 28 heteroatoms. The standard InChI is InChI=1S/C26H27Cl9O16S3/c1-42-17-7-9-18(10-8-17)47-23-22(51-54(40,41)46-15-26(33,34)35)21(50-53(38,39)45-14-25(30,31)32)20(49-52(36,37)44-13-24(27,28)29)19(48-23)12-43-11-16-5-3-2-4-6-16/h2-10,19-23H,11-15H2,1H3/t19-,20-,21+,22-,23-/m1/s1. The van der Waals surface area contributed by atoms with Crippen molar-refractivity contribution in [2.45, 2.75) is 48.7 Å². The molecule has 0 saturated carbocycles. The molecule has 0 N–H and O–H groups in total. The molecule has 0 aliphatic carbocycles. The Balaban J connectivity index is 2.18. The van der Waals surface area contributed by atoms with Crippen molar-refractivity contribution in [2.75, 3.05) is 33.5 Å². The van der Waals surface area contributed by atoms with Gasteiger partial charge in [0.1, 0.15) is 49.6 Å². The molecule has 308 valence electrons. The minimum Gasteiger partial charge on any atom is -0.497 e. The van der Waals surface area contributed by atoms with Gasteiger partial charge < -0.3 is 18.9 Å². The molecule has 1 aliphatic rings. The highest BCUT2D eigenvalue weighted by Crippen LogP contribution is 2.36. The number of hydrogen-bond donors (Lipinski definition) is 0. The van der Waals surface area contributed by atoms with Gasteiger partial charge in [-0.2, -0.15) is 25.3 Å². The summed E-state index contributed by atoms with van der Waals surface area (Å²) in [4.78, 5) is 0. The van der Waals surface area contributed by atoms with E-state index in [1.165, 1.54) is 31.4 Å². The Kier molecular flexibility index (Phi) is 18.4. The van der Waals surface area contributed by atoms with Crippen LogP contribution in [-0.4, -0.2) is 101 Å². The van der Waals surface area contributed by atoms with E-state index in [9.17, 15) is 25.3 Å². The van der Waals surface area contributed by atoms with Gasteiger partial charge in [-0.25, -0.2) is 25.1 Å². The molecular weight excluding hydrogens is 984 g/mol. The zero-order chi connectivity index (χ0) is 40.6. The number of rotatable bonds is 19. The van der Waals surface area contributed by atoms with Gasteiger partial charge in [-0.1, -0.05) is 135 Å². The van der Waals surface area contributed by atoms with Crippen LogP contribution in [0.4, 0.5) is 0 Å². The first-order valence-electron chi connectivity index (χ1n) is 14.3. The van der Waals surface area contributed by atoms with Gasteiger partial charge in [0, 0.05) is 0 Å². The minimum absolute atomic E-state index is 0.0648. The van der Waals surface area contributed by atoms with Crippen molar-refractivity contribution in [1.82, 2.24) is 0 Å². The fraction of sp³-hybridized carbons (Fsp3) is 0.538. The fourth-order valence-electron chi connectivity index (χ4n) is 4.00. The van der Waals surface area contributed by atoms with Crippen molar-refractivity contribution in [1.29, 1.82) is 0 Å². The molecule has 5 atom stereocenters. The molecule has 16 nitrogen and oxygen atoms in total. The van der Waals surface area contributed by atoms with Crippen molar-refractivity contribution in [3.05, 3.63) is 60.2 Å². The quantitative estimate of drug-likeness (QED) is 0.147. The Morgan fingerprint density at radius 1 is 0.593 bits per heavy atom. The number of ether oxygens (including phenoxy) is 4. The lowest BCUT2D eigenvalue weighted by Gasteiger charge is -2.43. The van der Waals surface area contributed by atoms with Crippen LogP contribution in [0, 0.1) is 0 Å². The third-order valence-electron chi connectivity index (χ3n) is 6.08. The predicted molar refractivity (Wildman–Crippen MR) is 198 cm³/mol. The molecule has 1 saturated heterocycles. The minimum atomic E-state index is -5.43. The van der Waals surface area contributed by atoms with E-state index in [0.29, 0.717) is 11.3 Å². The van der Waals surface area contributed by atoms with Gasteiger partial charge >= 0.3 is 31.2 Å². The molecule has 0 amide bonds. The van der Waals surface area contributed by atoms with E-state index in [1.807, 2.05) is 0 Å². The molecule has 1 aliphatic heterocycles. The highest BCUT2D eigenvalue weighted by Gasteiger charge is 2.55. The predicted octanol–water partition coefficient (Wildman–Crippen LogP) is 6.07. The lowest BCUT2D eigenvalue weighted by molar-refractivity contribution is -0.265. The molecule has 0 aromatic heterocycles. The topological polar surface area (TPSA) is 195 Å². The first-order chi connectivity index (χ1) is 24.8. The molecule has 3 rings (SSSR count). The van der Waals surface area contributed by atoms with Gasteiger partial charge in [0.25, 0.3) is 0 Å². The van der Waals surface area contributed by atoms with Gasteiger partial charge in [0.15, 0.2) is 6.10 Å². The Bertz CT molecular complexity index is 1810. The smallest absolute Gasteiger partial charge is 0.400 e. The number of benzene rings is 2. The Morgan fingerprint density at radius 3 is 1.46 bits per heavy atom. The van der Waals surface area contributed by atoms with Gasteiger partial charge in [-0.15, -0.1) is 0 Å². The zero-order valence-electron chi connectivity index (χ0n) is 26.8. The number of alkyl halides is 9. The maximum absolute atomic E-state index is 13.2. The number of hydrogen-bond acceptors (Lipinski definition) is 16. The van der Waals surface area contributed by atoms with Crippen molar-refractivity contribution < 1.29 is 69.3 Å². The monoisotopic (exact) mass is 1010 g/mol. The molecule has 0 spiro atoms. The average molecular weight is 1010 g/mol. The zero-order valence-corrected chi connectivity index (χ0v) is 36.0. The van der Waals surface area contributed by atoms with Crippen molar-refractivity contribution in [2.24, 2.45) is 0 Å². The van der Waals surface area contributed by atoms with E-state index in [-0.39, 0.29) is 12.4 Å². The average Bonchev–Trinajstić information content (AvgIpc) is 3.05. The summed E-state index contributed by atoms with van der Waals surface area (Å²) in [6, 6.07) is 14.0. The highest BCUT2D eigenvalue weighted by atomic mass is 35.6. The van der Waals surface area contributed by atoms with E-state index in [2.05, 4.69) is 12.5 Å². The van der Waals surface area contributed by atoms with Crippen molar-refractivity contribution in [3.63, 3.8) is 0 Å². The number of methoxy groups -OCH3 is 1. The summed E-state index contributed by atoms with van der Waals surface area (Å²) in [6.07, 6.45) is -11.0. The summed E-state index contributed by atoms with van der Waals surface area (Å²) in [7, 11) is -14.8. The van der Waals surface area contributed by atoms with Crippen LogP contribution in [0.5, 0.6) is 11.5 Å². The third-order valence-corrected chi connectivity index (χ3v) is 9.66. The number of halogens is 9. The largest absolute Gasteiger partial charge is 0.497 e. The molecule has 1 heterocycles. The van der Waals surface area contributed by atoms with Crippen LogP contribution >= 0.6 is 104 Å². The summed E-state index contributed by atoms with van der Waals surface area (Å²) >= 11 is 50.7. The molecule has 2 aromatic rings. The Labute approximate surface area is 356 Å². The normalized spacial score (nSPS) is 21.9. The molecule has 0 radical (unpaired) electrons. The summed E-state index contributed by atoms with van der Waals surface area (Å²) in [5.41, 5.74) is 0.629. The second-order valence-electron chi connectivity index (χ2n) is 10.4. The molecule has 1 fully saturated rings. The van der Waals surface area contributed by atoms with E-state index < -0.39 is 99.7 Å². The lowest BCUT2D eigenvalue weighted by Crippen LogP contribution is -2.64. The van der Waals surface area contributed by atoms with Crippen LogP contribution in [0.25, 0.3) is 0 Å². The van der Waals surface area contributed by atoms with Gasteiger partial charge in [-0.3, -0.25) is 0 Å². The first-order valence-corrected chi connectivity index (χ1v) is 21.7. The van der Waals surface area contributed by atoms with Crippen molar-refractivity contribution in [3.8, 4) is 11.5 Å². The fourth-order valence-corrected chi connectivity index (χ4v) is 7.67. The molecule has 0 bridgehead atoms. The summed E-state index contributed by atoms with van der Waals surface area (Å²) in [5, 5.41) is 0. The SMILES string of the molecule is COc1ccc(O[C@@H]2O[C@H](COCc3ccccc3)[C@@H](OS(=O)(=O)OCC(Cl)(Cl)Cl)[C@H](OS(=O)(=O)OCC(Cl)(Cl)Cl)[C@H]2OS(=O)(=O)OCC(Cl)(Cl)Cl)cc1. The van der Waals surface area contributed by atoms with E-state index in [1.54, 1.807) is 30.3 Å². The van der Waals surface area contributed by atoms with Gasteiger partial charge in [-0.05, 0) is 29.8 Å². The van der Waals surface area contributed by atoms with Crippen LogP contribution in [0.1, 0.15) is 5.56 Å². The second kappa shape index (κ2) is 20.4. The van der Waals surface area contributed by atoms with Gasteiger partial charge in [0.2, 0.25) is 17.7 Å². The third kappa shape index (κ3) is 18.4. The van der Waals surface area contributed by atoms with Crippen LogP contribution < -0.4 is 9.47 Å². The Morgan fingerprint density at radius 2 is 1.02 bits per heavy atom. The van der Waals surface area contributed by atoms with Crippen LogP contribution in [-0.2, 0) is 72.4 Å². The summed E-state index contributed by atoms with van der Waals surface area (Å²) in [6.45, 7) is -4.18. The van der Waals surface area contributed by atoms with Crippen molar-refractivity contribution >= 4 is 136 Å². The molecular formula is C26H27Cl9O16S3. The van der Waals surface area contributed by atoms with Crippen LogP contribution in [0.15, 0.2) is 54.6 Å². The Hall–Kier alpha value is 0.180. The second-order valence-corrected chi connectivity index (χ2v) is 21.7. The maximum Gasteiger partial charge on any atom is 0.400 e. The molecule has 54 heavy (non-hydrogen) atoms. The van der Waals surface area contributed by atoms with Gasteiger partial charge in [0.05, 0.1) is 20.3 Å². The first kappa shape index (κ1) is 48.5. The lowest BCUT2D eigenvalue weighted by atomic mass is 9.99. The van der Waals surface area contributed by atoms with E-state index in [0.717, 1.165) is 0 Å². The van der Waals surface area contributed by atoms with Crippen LogP contribution in [0.2, 0.25) is 0 Å². The van der Waals surface area contributed by atoms with E-state index in [4.69, 9.17) is 136 Å².